The summed E-state index contributed by atoms with van der Waals surface area (Å²) in [4.78, 5) is 13.7. The van der Waals surface area contributed by atoms with Crippen LogP contribution in [0.3, 0.4) is 0 Å². The van der Waals surface area contributed by atoms with Crippen LogP contribution in [0.2, 0.25) is 0 Å². The molecule has 0 aromatic carbocycles. The number of nitrogens with one attached hydrogen (secondary N) is 1. The molecule has 1 atom stereocenters. The maximum Gasteiger partial charge on any atom is 0.222 e. The van der Waals surface area contributed by atoms with Crippen molar-refractivity contribution in [1.29, 1.82) is 0 Å². The van der Waals surface area contributed by atoms with Crippen LogP contribution in [0, 0.1) is 5.92 Å². The van der Waals surface area contributed by atoms with Crippen molar-refractivity contribution in [3.63, 3.8) is 0 Å². The largest absolute Gasteiger partial charge is 0.355 e. The van der Waals surface area contributed by atoms with Gasteiger partial charge in [-0.2, -0.15) is 0 Å². The monoisotopic (exact) mass is 214 g/mol. The van der Waals surface area contributed by atoms with Gasteiger partial charge in [0, 0.05) is 19.0 Å². The third-order valence-electron chi connectivity index (χ3n) is 2.55. The van der Waals surface area contributed by atoms with Gasteiger partial charge in [-0.25, -0.2) is 0 Å². The highest BCUT2D eigenvalue weighted by molar-refractivity contribution is 5.78. The van der Waals surface area contributed by atoms with Crippen LogP contribution in [0.15, 0.2) is 0 Å². The number of carbonyl (C=O) groups excluding carboxylic acids is 1. The van der Waals surface area contributed by atoms with E-state index in [-0.39, 0.29) is 11.8 Å². The molecule has 3 heteroatoms. The van der Waals surface area contributed by atoms with E-state index in [1.54, 1.807) is 0 Å². The lowest BCUT2D eigenvalue weighted by molar-refractivity contribution is -0.124. The Labute approximate surface area is 94.2 Å². The Bertz CT molecular complexity index is 169. The Morgan fingerprint density at radius 2 is 2.00 bits per heavy atom. The standard InChI is InChI=1S/C12H26N2O/c1-5-6-7-8-11(2)12(15)13-9-10-14(3)4/h11H,5-10H2,1-4H3,(H,13,15). The van der Waals surface area contributed by atoms with Crippen molar-refractivity contribution in [2.24, 2.45) is 5.92 Å². The molecule has 0 aromatic heterocycles. The maximum atomic E-state index is 11.6. The van der Waals surface area contributed by atoms with Crippen LogP contribution in [-0.4, -0.2) is 38.0 Å². The zero-order chi connectivity index (χ0) is 11.7. The molecule has 0 heterocycles. The van der Waals surface area contributed by atoms with E-state index in [2.05, 4.69) is 17.1 Å². The van der Waals surface area contributed by atoms with Crippen LogP contribution in [0.4, 0.5) is 0 Å². The topological polar surface area (TPSA) is 32.3 Å². The minimum Gasteiger partial charge on any atom is -0.355 e. The van der Waals surface area contributed by atoms with E-state index in [1.165, 1.54) is 19.3 Å². The number of amides is 1. The molecule has 1 amide bonds. The van der Waals surface area contributed by atoms with E-state index in [9.17, 15) is 4.79 Å². The molecule has 0 fully saturated rings. The van der Waals surface area contributed by atoms with Gasteiger partial charge in [-0.05, 0) is 20.5 Å². The molecule has 1 N–H and O–H groups in total. The molecule has 0 aliphatic rings. The molecule has 0 aliphatic heterocycles. The maximum absolute atomic E-state index is 11.6. The van der Waals surface area contributed by atoms with Crippen molar-refractivity contribution in [3.8, 4) is 0 Å². The second-order valence-corrected chi connectivity index (χ2v) is 4.49. The molecule has 0 saturated heterocycles. The highest BCUT2D eigenvalue weighted by atomic mass is 16.1. The van der Waals surface area contributed by atoms with Crippen LogP contribution < -0.4 is 5.32 Å². The van der Waals surface area contributed by atoms with Crippen LogP contribution in [0.5, 0.6) is 0 Å². The number of likely N-dealkylation sites (N-methyl/N-ethyl adjacent to an activating group) is 1. The number of carbonyl (C=O) groups is 1. The van der Waals surface area contributed by atoms with Gasteiger partial charge in [0.2, 0.25) is 5.91 Å². The number of nitrogens with zero attached hydrogens (tertiary/aromatic N) is 1. The summed E-state index contributed by atoms with van der Waals surface area (Å²) in [6, 6.07) is 0. The summed E-state index contributed by atoms with van der Waals surface area (Å²) in [6.45, 7) is 5.86. The minimum atomic E-state index is 0.165. The fourth-order valence-electron chi connectivity index (χ4n) is 1.41. The van der Waals surface area contributed by atoms with Gasteiger partial charge in [0.25, 0.3) is 0 Å². The fraction of sp³-hybridized carbons (Fsp3) is 0.917. The molecule has 0 radical (unpaired) electrons. The first-order chi connectivity index (χ1) is 7.07. The Balaban J connectivity index is 3.51. The Morgan fingerprint density at radius 1 is 1.33 bits per heavy atom. The van der Waals surface area contributed by atoms with Crippen molar-refractivity contribution in [2.75, 3.05) is 27.2 Å². The zero-order valence-corrected chi connectivity index (χ0v) is 10.7. The average molecular weight is 214 g/mol. The number of rotatable bonds is 8. The minimum absolute atomic E-state index is 0.165. The summed E-state index contributed by atoms with van der Waals surface area (Å²) >= 11 is 0. The lowest BCUT2D eigenvalue weighted by Crippen LogP contribution is -2.34. The molecule has 15 heavy (non-hydrogen) atoms. The van der Waals surface area contributed by atoms with E-state index in [0.29, 0.717) is 0 Å². The van der Waals surface area contributed by atoms with Gasteiger partial charge in [-0.15, -0.1) is 0 Å². The average Bonchev–Trinajstić information content (AvgIpc) is 2.17. The van der Waals surface area contributed by atoms with Gasteiger partial charge in [0.1, 0.15) is 0 Å². The molecule has 0 aromatic rings. The molecule has 0 spiro atoms. The first-order valence-electron chi connectivity index (χ1n) is 6.00. The normalized spacial score (nSPS) is 12.9. The van der Waals surface area contributed by atoms with Gasteiger partial charge in [0.15, 0.2) is 0 Å². The van der Waals surface area contributed by atoms with Crippen LogP contribution in [-0.2, 0) is 4.79 Å². The van der Waals surface area contributed by atoms with E-state index in [0.717, 1.165) is 19.5 Å². The number of unbranched alkanes of at least 4 members (excludes halogenated alkanes) is 2. The summed E-state index contributed by atoms with van der Waals surface area (Å²) in [5.74, 6) is 0.367. The third kappa shape index (κ3) is 8.43. The van der Waals surface area contributed by atoms with Gasteiger partial charge in [-0.1, -0.05) is 33.1 Å². The van der Waals surface area contributed by atoms with Gasteiger partial charge < -0.3 is 10.2 Å². The fourth-order valence-corrected chi connectivity index (χ4v) is 1.41. The first-order valence-corrected chi connectivity index (χ1v) is 6.00. The predicted octanol–water partition coefficient (Wildman–Crippen LogP) is 1.88. The van der Waals surface area contributed by atoms with Crippen LogP contribution in [0.25, 0.3) is 0 Å². The SMILES string of the molecule is CCCCCC(C)C(=O)NCCN(C)C. The first kappa shape index (κ1) is 14.4. The van der Waals surface area contributed by atoms with E-state index in [1.807, 2.05) is 21.0 Å². The van der Waals surface area contributed by atoms with Gasteiger partial charge in [-0.3, -0.25) is 4.79 Å². The van der Waals surface area contributed by atoms with Crippen molar-refractivity contribution in [1.82, 2.24) is 10.2 Å². The summed E-state index contributed by atoms with van der Waals surface area (Å²) in [6.07, 6.45) is 4.63. The highest BCUT2D eigenvalue weighted by Crippen LogP contribution is 2.08. The Hall–Kier alpha value is -0.570. The van der Waals surface area contributed by atoms with Crippen molar-refractivity contribution < 1.29 is 4.79 Å². The zero-order valence-electron chi connectivity index (χ0n) is 10.7. The molecule has 0 aliphatic carbocycles. The van der Waals surface area contributed by atoms with E-state index >= 15 is 0 Å². The van der Waals surface area contributed by atoms with Crippen LogP contribution in [0.1, 0.15) is 39.5 Å². The molecular weight excluding hydrogens is 188 g/mol. The molecule has 0 bridgehead atoms. The third-order valence-corrected chi connectivity index (χ3v) is 2.55. The molecule has 1 unspecified atom stereocenters. The second kappa shape index (κ2) is 8.72. The second-order valence-electron chi connectivity index (χ2n) is 4.49. The van der Waals surface area contributed by atoms with Gasteiger partial charge >= 0.3 is 0 Å². The molecular formula is C12H26N2O. The van der Waals surface area contributed by atoms with Crippen molar-refractivity contribution in [3.05, 3.63) is 0 Å². The smallest absolute Gasteiger partial charge is 0.222 e. The summed E-state index contributed by atoms with van der Waals surface area (Å²) in [7, 11) is 4.02. The molecule has 0 saturated carbocycles. The Morgan fingerprint density at radius 3 is 2.53 bits per heavy atom. The van der Waals surface area contributed by atoms with Crippen molar-refractivity contribution >= 4 is 5.91 Å². The summed E-state index contributed by atoms with van der Waals surface area (Å²) in [5, 5.41) is 2.96. The number of hydrogen-bond donors (Lipinski definition) is 1. The quantitative estimate of drug-likeness (QED) is 0.626. The molecule has 3 nitrogen and oxygen atoms in total. The lowest BCUT2D eigenvalue weighted by Gasteiger charge is -2.14. The van der Waals surface area contributed by atoms with Gasteiger partial charge in [0.05, 0.1) is 0 Å². The van der Waals surface area contributed by atoms with Crippen LogP contribution >= 0.6 is 0 Å². The lowest BCUT2D eigenvalue weighted by atomic mass is 10.0. The van der Waals surface area contributed by atoms with Crippen molar-refractivity contribution in [2.45, 2.75) is 39.5 Å². The van der Waals surface area contributed by atoms with E-state index in [4.69, 9.17) is 0 Å². The molecule has 90 valence electrons. The summed E-state index contributed by atoms with van der Waals surface area (Å²) < 4.78 is 0. The molecule has 0 rings (SSSR count). The summed E-state index contributed by atoms with van der Waals surface area (Å²) in [5.41, 5.74) is 0. The Kier molecular flexibility index (Phi) is 8.38. The van der Waals surface area contributed by atoms with E-state index < -0.39 is 0 Å². The predicted molar refractivity (Wildman–Crippen MR) is 64.9 cm³/mol. The number of hydrogen-bond acceptors (Lipinski definition) is 2. The highest BCUT2D eigenvalue weighted by Gasteiger charge is 2.11.